The van der Waals surface area contributed by atoms with Crippen molar-refractivity contribution >= 4 is 62.3 Å². The van der Waals surface area contributed by atoms with Crippen LogP contribution in [0.5, 0.6) is 0 Å². The molecular weight excluding hydrogens is 337 g/mol. The number of aryl methyl sites for hydroxylation is 2. The molecule has 0 unspecified atom stereocenters. The van der Waals surface area contributed by atoms with Crippen LogP contribution in [-0.2, 0) is 0 Å². The number of nitrogens with one attached hydrogen (secondary N) is 1. The fourth-order valence-electron chi connectivity index (χ4n) is 2.90. The Morgan fingerprint density at radius 1 is 1.23 bits per heavy atom. The summed E-state index contributed by atoms with van der Waals surface area (Å²) in [5.74, 6) is 1.03. The molecule has 0 amide bonds. The largest absolute Gasteiger partial charge is 0.366 e. The van der Waals surface area contributed by atoms with Crippen molar-refractivity contribution in [3.05, 3.63) is 29.6 Å². The summed E-state index contributed by atoms with van der Waals surface area (Å²) in [5.41, 5.74) is 2.39. The number of pyridine rings is 2. The maximum Gasteiger partial charge on any atom is 0.144 e. The number of anilines is 1. The first kappa shape index (κ1) is 17.3. The zero-order chi connectivity index (χ0) is 13.7. The van der Waals surface area contributed by atoms with Gasteiger partial charge in [-0.15, -0.1) is 36.2 Å². The third-order valence-electron chi connectivity index (χ3n) is 4.13. The maximum atomic E-state index is 4.69. The van der Waals surface area contributed by atoms with Gasteiger partial charge in [0.2, 0.25) is 0 Å². The summed E-state index contributed by atoms with van der Waals surface area (Å²) >= 11 is 1.76. The topological polar surface area (TPSA) is 37.8 Å². The lowest BCUT2D eigenvalue weighted by Gasteiger charge is -2.27. The van der Waals surface area contributed by atoms with E-state index in [1.54, 1.807) is 11.3 Å². The summed E-state index contributed by atoms with van der Waals surface area (Å²) in [4.78, 5) is 10.4. The standard InChI is InChI=1S/C16H17N3S.2ClH/c1-9-8-10(2)18-16-13(9)12-6-7-17-15(14(12)20-16)19-11-4-3-5-11;;/h6-8,11H,3-5H2,1-2H3,(H,17,19);2*1H. The summed E-state index contributed by atoms with van der Waals surface area (Å²) in [6.45, 7) is 4.23. The van der Waals surface area contributed by atoms with Gasteiger partial charge in [-0.1, -0.05) is 0 Å². The molecule has 1 aliphatic carbocycles. The van der Waals surface area contributed by atoms with Crippen molar-refractivity contribution in [2.24, 2.45) is 0 Å². The molecule has 0 saturated heterocycles. The van der Waals surface area contributed by atoms with Crippen molar-refractivity contribution < 1.29 is 0 Å². The SMILES string of the molecule is Cc1cc(C)c2c(n1)sc1c(NC3CCC3)nccc12.Cl.Cl. The van der Waals surface area contributed by atoms with Gasteiger partial charge < -0.3 is 5.32 Å². The summed E-state index contributed by atoms with van der Waals surface area (Å²) < 4.78 is 1.25. The highest BCUT2D eigenvalue weighted by Gasteiger charge is 2.20. The van der Waals surface area contributed by atoms with E-state index in [0.717, 1.165) is 16.3 Å². The van der Waals surface area contributed by atoms with E-state index in [4.69, 9.17) is 4.98 Å². The van der Waals surface area contributed by atoms with Crippen LogP contribution in [0.2, 0.25) is 0 Å². The van der Waals surface area contributed by atoms with Gasteiger partial charge in [0.25, 0.3) is 0 Å². The normalized spacial score (nSPS) is 14.3. The van der Waals surface area contributed by atoms with Gasteiger partial charge in [-0.3, -0.25) is 0 Å². The lowest BCUT2D eigenvalue weighted by molar-refractivity contribution is 0.445. The van der Waals surface area contributed by atoms with E-state index in [1.165, 1.54) is 40.3 Å². The van der Waals surface area contributed by atoms with Crippen LogP contribution in [0.3, 0.4) is 0 Å². The summed E-state index contributed by atoms with van der Waals surface area (Å²) in [6.07, 6.45) is 5.77. The number of hydrogen-bond donors (Lipinski definition) is 1. The van der Waals surface area contributed by atoms with Crippen molar-refractivity contribution in [1.29, 1.82) is 0 Å². The molecule has 0 radical (unpaired) electrons. The molecule has 6 heteroatoms. The van der Waals surface area contributed by atoms with Crippen LogP contribution in [-0.4, -0.2) is 16.0 Å². The highest BCUT2D eigenvalue weighted by atomic mass is 35.5. The van der Waals surface area contributed by atoms with Crippen LogP contribution in [0.1, 0.15) is 30.5 Å². The minimum absolute atomic E-state index is 0. The Labute approximate surface area is 146 Å². The van der Waals surface area contributed by atoms with Crippen molar-refractivity contribution in [2.75, 3.05) is 5.32 Å². The second kappa shape index (κ2) is 6.57. The first-order chi connectivity index (χ1) is 9.72. The van der Waals surface area contributed by atoms with Gasteiger partial charge in [0, 0.05) is 28.7 Å². The molecule has 3 aromatic heterocycles. The van der Waals surface area contributed by atoms with Gasteiger partial charge in [0.15, 0.2) is 0 Å². The van der Waals surface area contributed by atoms with Crippen molar-refractivity contribution in [1.82, 2.24) is 9.97 Å². The van der Waals surface area contributed by atoms with Crippen LogP contribution in [0.4, 0.5) is 5.82 Å². The van der Waals surface area contributed by atoms with E-state index < -0.39 is 0 Å². The molecule has 1 aliphatic rings. The Kier molecular flexibility index (Phi) is 5.15. The predicted molar refractivity (Wildman–Crippen MR) is 100 cm³/mol. The van der Waals surface area contributed by atoms with Crippen molar-refractivity contribution in [2.45, 2.75) is 39.2 Å². The van der Waals surface area contributed by atoms with Crippen molar-refractivity contribution in [3.8, 4) is 0 Å². The second-order valence-electron chi connectivity index (χ2n) is 5.67. The first-order valence-electron chi connectivity index (χ1n) is 7.14. The van der Waals surface area contributed by atoms with E-state index in [1.807, 2.05) is 6.20 Å². The van der Waals surface area contributed by atoms with Gasteiger partial charge in [0.1, 0.15) is 10.6 Å². The quantitative estimate of drug-likeness (QED) is 0.680. The molecule has 1 fully saturated rings. The third kappa shape index (κ3) is 2.75. The summed E-state index contributed by atoms with van der Waals surface area (Å²) in [6, 6.07) is 4.88. The van der Waals surface area contributed by atoms with Gasteiger partial charge in [-0.05, 0) is 50.8 Å². The number of thiophene rings is 1. The molecule has 22 heavy (non-hydrogen) atoms. The molecule has 0 aromatic carbocycles. The number of aromatic nitrogens is 2. The number of hydrogen-bond acceptors (Lipinski definition) is 4. The average molecular weight is 356 g/mol. The van der Waals surface area contributed by atoms with E-state index in [-0.39, 0.29) is 24.8 Å². The first-order valence-corrected chi connectivity index (χ1v) is 7.96. The van der Waals surface area contributed by atoms with Crippen LogP contribution in [0, 0.1) is 13.8 Å². The predicted octanol–water partition coefficient (Wildman–Crippen LogP) is 5.27. The summed E-state index contributed by atoms with van der Waals surface area (Å²) in [7, 11) is 0. The fraction of sp³-hybridized carbons (Fsp3) is 0.375. The maximum absolute atomic E-state index is 4.69. The van der Waals surface area contributed by atoms with Crippen LogP contribution in [0.15, 0.2) is 18.3 Å². The number of fused-ring (bicyclic) bond motifs is 3. The molecule has 0 aliphatic heterocycles. The molecule has 3 nitrogen and oxygen atoms in total. The number of halogens is 2. The number of rotatable bonds is 2. The molecule has 118 valence electrons. The van der Waals surface area contributed by atoms with E-state index in [0.29, 0.717) is 6.04 Å². The Balaban J connectivity index is 0.000000882. The molecule has 4 rings (SSSR count). The highest BCUT2D eigenvalue weighted by molar-refractivity contribution is 7.26. The highest BCUT2D eigenvalue weighted by Crippen LogP contribution is 2.38. The lowest BCUT2D eigenvalue weighted by atomic mass is 9.93. The van der Waals surface area contributed by atoms with Crippen molar-refractivity contribution in [3.63, 3.8) is 0 Å². The Bertz CT molecular complexity index is 812. The molecule has 0 bridgehead atoms. The molecule has 0 spiro atoms. The molecular formula is C16H19Cl2N3S. The van der Waals surface area contributed by atoms with Crippen LogP contribution < -0.4 is 5.32 Å². The Hall–Kier alpha value is -1.10. The zero-order valence-corrected chi connectivity index (χ0v) is 15.0. The Morgan fingerprint density at radius 3 is 2.68 bits per heavy atom. The van der Waals surface area contributed by atoms with Gasteiger partial charge >= 0.3 is 0 Å². The minimum Gasteiger partial charge on any atom is -0.366 e. The zero-order valence-electron chi connectivity index (χ0n) is 12.5. The third-order valence-corrected chi connectivity index (χ3v) is 5.24. The lowest BCUT2D eigenvalue weighted by Crippen LogP contribution is -2.27. The van der Waals surface area contributed by atoms with Gasteiger partial charge in [0.05, 0.1) is 4.70 Å². The molecule has 0 atom stereocenters. The molecule has 3 heterocycles. The Morgan fingerprint density at radius 2 is 2.00 bits per heavy atom. The fourth-order valence-corrected chi connectivity index (χ4v) is 4.14. The van der Waals surface area contributed by atoms with E-state index >= 15 is 0 Å². The number of nitrogens with zero attached hydrogens (tertiary/aromatic N) is 2. The van der Waals surface area contributed by atoms with Crippen LogP contribution >= 0.6 is 36.2 Å². The molecule has 1 N–H and O–H groups in total. The monoisotopic (exact) mass is 355 g/mol. The van der Waals surface area contributed by atoms with Gasteiger partial charge in [-0.2, -0.15) is 0 Å². The average Bonchev–Trinajstić information content (AvgIpc) is 2.72. The van der Waals surface area contributed by atoms with E-state index in [9.17, 15) is 0 Å². The van der Waals surface area contributed by atoms with E-state index in [2.05, 4.69) is 36.3 Å². The minimum atomic E-state index is 0. The summed E-state index contributed by atoms with van der Waals surface area (Å²) in [5, 5.41) is 6.16. The smallest absolute Gasteiger partial charge is 0.144 e. The van der Waals surface area contributed by atoms with Crippen LogP contribution in [0.25, 0.3) is 20.3 Å². The second-order valence-corrected chi connectivity index (χ2v) is 6.67. The van der Waals surface area contributed by atoms with Gasteiger partial charge in [-0.25, -0.2) is 9.97 Å². The molecule has 3 aromatic rings. The molecule has 1 saturated carbocycles.